The van der Waals surface area contributed by atoms with Crippen LogP contribution in [-0.2, 0) is 9.53 Å². The molecule has 0 unspecified atom stereocenters. The summed E-state index contributed by atoms with van der Waals surface area (Å²) >= 11 is 5.88. The molecule has 2 aromatic rings. The lowest BCUT2D eigenvalue weighted by molar-refractivity contribution is -0.114. The van der Waals surface area contributed by atoms with Crippen LogP contribution in [0.3, 0.4) is 0 Å². The zero-order chi connectivity index (χ0) is 18.2. The van der Waals surface area contributed by atoms with Gasteiger partial charge in [0.25, 0.3) is 0 Å². The molecule has 2 aromatic carbocycles. The Morgan fingerprint density at radius 3 is 2.56 bits per heavy atom. The molecular weight excluding hydrogens is 342 g/mol. The second-order valence-corrected chi connectivity index (χ2v) is 5.44. The van der Waals surface area contributed by atoms with E-state index in [1.54, 1.807) is 43.3 Å². The average molecular weight is 358 g/mol. The Morgan fingerprint density at radius 2 is 1.92 bits per heavy atom. The number of anilines is 2. The molecule has 0 radical (unpaired) electrons. The van der Waals surface area contributed by atoms with E-state index in [0.29, 0.717) is 34.1 Å². The summed E-state index contributed by atoms with van der Waals surface area (Å²) in [5.41, 5.74) is 1.81. The lowest BCUT2D eigenvalue weighted by atomic mass is 10.2. The van der Waals surface area contributed by atoms with Crippen molar-refractivity contribution in [2.75, 3.05) is 23.8 Å². The molecule has 7 heteroatoms. The van der Waals surface area contributed by atoms with Gasteiger partial charge in [0.2, 0.25) is 5.91 Å². The van der Waals surface area contributed by atoms with Crippen LogP contribution in [0.1, 0.15) is 22.8 Å². The number of ether oxygens (including phenoxy) is 1. The van der Waals surface area contributed by atoms with Gasteiger partial charge in [0.15, 0.2) is 0 Å². The van der Waals surface area contributed by atoms with Crippen molar-refractivity contribution in [3.63, 3.8) is 0 Å². The summed E-state index contributed by atoms with van der Waals surface area (Å²) in [7, 11) is 0. The number of halogens is 1. The monoisotopic (exact) mass is 357 g/mol. The van der Waals surface area contributed by atoms with E-state index in [9.17, 15) is 9.59 Å². The number of nitriles is 1. The SMILES string of the molecule is CCOC(=O)c1ccc(NCC(=O)Nc2cc(Cl)ccc2C#N)cc1. The van der Waals surface area contributed by atoms with E-state index in [0.717, 1.165) is 0 Å². The van der Waals surface area contributed by atoms with Crippen LogP contribution in [0.25, 0.3) is 0 Å². The van der Waals surface area contributed by atoms with Gasteiger partial charge in [-0.25, -0.2) is 4.79 Å². The second-order valence-electron chi connectivity index (χ2n) is 5.00. The molecule has 0 saturated heterocycles. The van der Waals surface area contributed by atoms with Crippen molar-refractivity contribution in [3.05, 3.63) is 58.6 Å². The van der Waals surface area contributed by atoms with Gasteiger partial charge in [0.1, 0.15) is 6.07 Å². The number of carbonyl (C=O) groups excluding carboxylic acids is 2. The van der Waals surface area contributed by atoms with Gasteiger partial charge in [-0.05, 0) is 49.4 Å². The van der Waals surface area contributed by atoms with Gasteiger partial charge in [0, 0.05) is 10.7 Å². The van der Waals surface area contributed by atoms with Gasteiger partial charge in [-0.1, -0.05) is 11.6 Å². The van der Waals surface area contributed by atoms with Crippen LogP contribution >= 0.6 is 11.6 Å². The molecule has 0 aliphatic carbocycles. The minimum absolute atomic E-state index is 0.00383. The molecule has 0 aliphatic rings. The van der Waals surface area contributed by atoms with Crippen LogP contribution in [-0.4, -0.2) is 25.0 Å². The number of benzene rings is 2. The third-order valence-electron chi connectivity index (χ3n) is 3.23. The van der Waals surface area contributed by atoms with E-state index in [-0.39, 0.29) is 12.5 Å². The third-order valence-corrected chi connectivity index (χ3v) is 3.46. The van der Waals surface area contributed by atoms with Crippen LogP contribution < -0.4 is 10.6 Å². The van der Waals surface area contributed by atoms with Crippen molar-refractivity contribution in [3.8, 4) is 6.07 Å². The minimum Gasteiger partial charge on any atom is -0.462 e. The molecule has 0 atom stereocenters. The van der Waals surface area contributed by atoms with Crippen molar-refractivity contribution < 1.29 is 14.3 Å². The molecule has 0 aromatic heterocycles. The molecule has 0 aliphatic heterocycles. The minimum atomic E-state index is -0.392. The number of esters is 1. The lowest BCUT2D eigenvalue weighted by Gasteiger charge is -2.10. The quantitative estimate of drug-likeness (QED) is 0.773. The Morgan fingerprint density at radius 1 is 1.20 bits per heavy atom. The van der Waals surface area contributed by atoms with Gasteiger partial charge in [0.05, 0.1) is 30.0 Å². The Balaban J connectivity index is 1.93. The van der Waals surface area contributed by atoms with Crippen LogP contribution in [0.5, 0.6) is 0 Å². The summed E-state index contributed by atoms with van der Waals surface area (Å²) < 4.78 is 4.90. The summed E-state index contributed by atoms with van der Waals surface area (Å²) in [6.45, 7) is 2.05. The number of rotatable bonds is 6. The van der Waals surface area contributed by atoms with E-state index in [1.807, 2.05) is 6.07 Å². The number of hydrogen-bond acceptors (Lipinski definition) is 5. The zero-order valence-electron chi connectivity index (χ0n) is 13.5. The smallest absolute Gasteiger partial charge is 0.338 e. The summed E-state index contributed by atoms with van der Waals surface area (Å²) in [5.74, 6) is -0.718. The molecule has 1 amide bonds. The van der Waals surface area contributed by atoms with Gasteiger partial charge in [-0.2, -0.15) is 5.26 Å². The predicted molar refractivity (Wildman–Crippen MR) is 95.7 cm³/mol. The molecule has 6 nitrogen and oxygen atoms in total. The second kappa shape index (κ2) is 8.71. The maximum Gasteiger partial charge on any atom is 0.338 e. The van der Waals surface area contributed by atoms with E-state index >= 15 is 0 Å². The summed E-state index contributed by atoms with van der Waals surface area (Å²) in [6.07, 6.45) is 0. The van der Waals surface area contributed by atoms with Crippen LogP contribution in [0.15, 0.2) is 42.5 Å². The fourth-order valence-corrected chi connectivity index (χ4v) is 2.20. The molecule has 2 rings (SSSR count). The highest BCUT2D eigenvalue weighted by Gasteiger charge is 2.09. The van der Waals surface area contributed by atoms with E-state index in [2.05, 4.69) is 10.6 Å². The number of nitrogens with zero attached hydrogens (tertiary/aromatic N) is 1. The maximum atomic E-state index is 12.0. The van der Waals surface area contributed by atoms with Gasteiger partial charge >= 0.3 is 5.97 Å². The highest BCUT2D eigenvalue weighted by atomic mass is 35.5. The zero-order valence-corrected chi connectivity index (χ0v) is 14.3. The maximum absolute atomic E-state index is 12.0. The Labute approximate surface area is 150 Å². The first-order chi connectivity index (χ1) is 12.0. The molecular formula is C18H16ClN3O3. The molecule has 0 spiro atoms. The first-order valence-corrected chi connectivity index (χ1v) is 7.92. The standard InChI is InChI=1S/C18H16ClN3O3/c1-2-25-18(24)12-4-7-15(8-5-12)21-11-17(23)22-16-9-14(19)6-3-13(16)10-20/h3-9,21H,2,11H2,1H3,(H,22,23). The average Bonchev–Trinajstić information content (AvgIpc) is 2.61. The van der Waals surface area contributed by atoms with Gasteiger partial charge in [-0.15, -0.1) is 0 Å². The van der Waals surface area contributed by atoms with Gasteiger partial charge < -0.3 is 15.4 Å². The topological polar surface area (TPSA) is 91.2 Å². The molecule has 0 heterocycles. The van der Waals surface area contributed by atoms with Crippen molar-refractivity contribution in [2.45, 2.75) is 6.92 Å². The van der Waals surface area contributed by atoms with E-state index < -0.39 is 5.97 Å². The number of carbonyl (C=O) groups is 2. The van der Waals surface area contributed by atoms with Crippen molar-refractivity contribution in [1.29, 1.82) is 5.26 Å². The Hall–Kier alpha value is -3.04. The first kappa shape index (κ1) is 18.3. The normalized spacial score (nSPS) is 9.80. The predicted octanol–water partition coefficient (Wildman–Crippen LogP) is 3.44. The first-order valence-electron chi connectivity index (χ1n) is 7.54. The Bertz CT molecular complexity index is 813. The van der Waals surface area contributed by atoms with Crippen LogP contribution in [0.2, 0.25) is 5.02 Å². The molecule has 0 fully saturated rings. The highest BCUT2D eigenvalue weighted by molar-refractivity contribution is 6.31. The van der Waals surface area contributed by atoms with Crippen LogP contribution in [0, 0.1) is 11.3 Å². The molecule has 0 bridgehead atoms. The van der Waals surface area contributed by atoms with Crippen LogP contribution in [0.4, 0.5) is 11.4 Å². The number of amides is 1. The van der Waals surface area contributed by atoms with E-state index in [1.165, 1.54) is 6.07 Å². The highest BCUT2D eigenvalue weighted by Crippen LogP contribution is 2.20. The van der Waals surface area contributed by atoms with E-state index in [4.69, 9.17) is 21.6 Å². The number of nitrogens with one attached hydrogen (secondary N) is 2. The summed E-state index contributed by atoms with van der Waals surface area (Å²) in [6, 6.07) is 13.2. The molecule has 0 saturated carbocycles. The third kappa shape index (κ3) is 5.23. The van der Waals surface area contributed by atoms with Crippen molar-refractivity contribution >= 4 is 34.9 Å². The van der Waals surface area contributed by atoms with Crippen molar-refractivity contribution in [1.82, 2.24) is 0 Å². The largest absolute Gasteiger partial charge is 0.462 e. The molecule has 128 valence electrons. The Kier molecular flexibility index (Phi) is 6.38. The molecule has 2 N–H and O–H groups in total. The van der Waals surface area contributed by atoms with Gasteiger partial charge in [-0.3, -0.25) is 4.79 Å². The fraction of sp³-hybridized carbons (Fsp3) is 0.167. The lowest BCUT2D eigenvalue weighted by Crippen LogP contribution is -2.22. The van der Waals surface area contributed by atoms with Crippen molar-refractivity contribution in [2.24, 2.45) is 0 Å². The summed E-state index contributed by atoms with van der Waals surface area (Å²) in [4.78, 5) is 23.6. The molecule has 25 heavy (non-hydrogen) atoms. The fourth-order valence-electron chi connectivity index (χ4n) is 2.03. The number of hydrogen-bond donors (Lipinski definition) is 2. The summed E-state index contributed by atoms with van der Waals surface area (Å²) in [5, 5.41) is 15.0.